The van der Waals surface area contributed by atoms with Crippen LogP contribution in [0.2, 0.25) is 0 Å². The van der Waals surface area contributed by atoms with Gasteiger partial charge in [0, 0.05) is 39.3 Å². The van der Waals surface area contributed by atoms with Gasteiger partial charge in [0.2, 0.25) is 6.41 Å². The first-order valence-electron chi connectivity index (χ1n) is 7.33. The first-order valence-corrected chi connectivity index (χ1v) is 7.33. The minimum absolute atomic E-state index is 0.110. The third-order valence-corrected chi connectivity index (χ3v) is 4.04. The predicted molar refractivity (Wildman–Crippen MR) is 77.0 cm³/mol. The second-order valence-corrected chi connectivity index (χ2v) is 5.39. The van der Waals surface area contributed by atoms with Crippen LogP contribution in [0.15, 0.2) is 12.4 Å². The van der Waals surface area contributed by atoms with Gasteiger partial charge in [-0.15, -0.1) is 0 Å². The summed E-state index contributed by atoms with van der Waals surface area (Å²) in [5.41, 5.74) is 0.373. The summed E-state index contributed by atoms with van der Waals surface area (Å²) in [5.74, 6) is 0.732. The van der Waals surface area contributed by atoms with Crippen LogP contribution in [0.25, 0.3) is 0 Å². The van der Waals surface area contributed by atoms with Crippen molar-refractivity contribution in [1.29, 1.82) is 0 Å². The number of nitrogens with zero attached hydrogens (tertiary/aromatic N) is 5. The Kier molecular flexibility index (Phi) is 3.98. The molecule has 1 aromatic rings. The van der Waals surface area contributed by atoms with Crippen molar-refractivity contribution >= 4 is 18.1 Å². The van der Waals surface area contributed by atoms with Gasteiger partial charge >= 0.3 is 0 Å². The normalized spacial score (nSPS) is 19.0. The highest BCUT2D eigenvalue weighted by Gasteiger charge is 2.23. The van der Waals surface area contributed by atoms with E-state index in [0.29, 0.717) is 31.9 Å². The fraction of sp³-hybridized carbons (Fsp3) is 0.571. The molecule has 7 heteroatoms. The molecule has 2 fully saturated rings. The van der Waals surface area contributed by atoms with Gasteiger partial charge in [-0.1, -0.05) is 0 Å². The first-order chi connectivity index (χ1) is 10.3. The summed E-state index contributed by atoms with van der Waals surface area (Å²) in [5, 5.41) is 0. The van der Waals surface area contributed by atoms with E-state index in [1.165, 1.54) is 12.8 Å². The van der Waals surface area contributed by atoms with Gasteiger partial charge in [-0.05, 0) is 12.8 Å². The summed E-state index contributed by atoms with van der Waals surface area (Å²) in [6.07, 6.45) is 6.43. The van der Waals surface area contributed by atoms with Crippen LogP contribution in [-0.4, -0.2) is 71.4 Å². The molecule has 0 saturated carbocycles. The van der Waals surface area contributed by atoms with Crippen LogP contribution >= 0.6 is 0 Å². The number of piperazine rings is 1. The average Bonchev–Trinajstić information content (AvgIpc) is 3.09. The number of anilines is 1. The third kappa shape index (κ3) is 2.96. The lowest BCUT2D eigenvalue weighted by atomic mass is 10.3. The zero-order chi connectivity index (χ0) is 14.7. The highest BCUT2D eigenvalue weighted by molar-refractivity contribution is 5.92. The zero-order valence-electron chi connectivity index (χ0n) is 11.9. The van der Waals surface area contributed by atoms with Gasteiger partial charge in [-0.2, -0.15) is 0 Å². The molecule has 112 valence electrons. The lowest BCUT2D eigenvalue weighted by Crippen LogP contribution is -2.48. The predicted octanol–water partition coefficient (Wildman–Crippen LogP) is -0.00900. The van der Waals surface area contributed by atoms with Crippen LogP contribution in [0.1, 0.15) is 23.3 Å². The molecule has 2 amide bonds. The lowest BCUT2D eigenvalue weighted by Gasteiger charge is -2.32. The summed E-state index contributed by atoms with van der Waals surface area (Å²) in [7, 11) is 0. The molecule has 0 radical (unpaired) electrons. The molecule has 7 nitrogen and oxygen atoms in total. The molecule has 3 heterocycles. The van der Waals surface area contributed by atoms with E-state index in [-0.39, 0.29) is 5.91 Å². The second-order valence-electron chi connectivity index (χ2n) is 5.39. The molecule has 0 N–H and O–H groups in total. The second kappa shape index (κ2) is 6.07. The van der Waals surface area contributed by atoms with Crippen LogP contribution in [0.4, 0.5) is 5.82 Å². The molecule has 0 aromatic carbocycles. The maximum absolute atomic E-state index is 12.3. The monoisotopic (exact) mass is 289 g/mol. The molecule has 0 aliphatic carbocycles. The number of rotatable bonds is 3. The van der Waals surface area contributed by atoms with E-state index in [2.05, 4.69) is 14.9 Å². The van der Waals surface area contributed by atoms with Crippen molar-refractivity contribution in [2.45, 2.75) is 12.8 Å². The highest BCUT2D eigenvalue weighted by atomic mass is 16.2. The Morgan fingerprint density at radius 1 is 1.00 bits per heavy atom. The smallest absolute Gasteiger partial charge is 0.274 e. The Morgan fingerprint density at radius 2 is 1.71 bits per heavy atom. The Hall–Kier alpha value is -2.18. The van der Waals surface area contributed by atoms with E-state index in [9.17, 15) is 9.59 Å². The van der Waals surface area contributed by atoms with Crippen molar-refractivity contribution in [1.82, 2.24) is 19.8 Å². The van der Waals surface area contributed by atoms with Crippen LogP contribution < -0.4 is 4.90 Å². The van der Waals surface area contributed by atoms with Crippen LogP contribution in [0, 0.1) is 0 Å². The minimum atomic E-state index is -0.110. The summed E-state index contributed by atoms with van der Waals surface area (Å²) >= 11 is 0. The van der Waals surface area contributed by atoms with Crippen molar-refractivity contribution in [2.24, 2.45) is 0 Å². The molecule has 1 aromatic heterocycles. The van der Waals surface area contributed by atoms with Gasteiger partial charge in [0.05, 0.1) is 12.4 Å². The molecule has 0 bridgehead atoms. The number of carbonyl (C=O) groups is 2. The molecular weight excluding hydrogens is 270 g/mol. The number of hydrogen-bond acceptors (Lipinski definition) is 5. The number of amides is 2. The lowest BCUT2D eigenvalue weighted by molar-refractivity contribution is -0.119. The van der Waals surface area contributed by atoms with Crippen LogP contribution in [-0.2, 0) is 4.79 Å². The fourth-order valence-electron chi connectivity index (χ4n) is 2.73. The first kappa shape index (κ1) is 13.8. The Bertz CT molecular complexity index is 505. The molecule has 0 atom stereocenters. The van der Waals surface area contributed by atoms with Crippen molar-refractivity contribution in [3.8, 4) is 0 Å². The molecule has 2 aliphatic rings. The van der Waals surface area contributed by atoms with Crippen molar-refractivity contribution in [3.05, 3.63) is 18.1 Å². The van der Waals surface area contributed by atoms with Crippen molar-refractivity contribution < 1.29 is 9.59 Å². The van der Waals surface area contributed by atoms with Gasteiger partial charge in [-0.3, -0.25) is 9.59 Å². The standard InChI is InChI=1S/C14H19N5O2/c20-11-17-5-7-19(8-6-17)14(21)12-9-16-13(10-15-12)18-3-1-2-4-18/h9-11H,1-8H2. The van der Waals surface area contributed by atoms with E-state index in [4.69, 9.17) is 0 Å². The quantitative estimate of drug-likeness (QED) is 0.732. The summed E-state index contributed by atoms with van der Waals surface area (Å²) < 4.78 is 0. The van der Waals surface area contributed by atoms with E-state index in [1.54, 1.807) is 22.2 Å². The average molecular weight is 289 g/mol. The molecule has 0 spiro atoms. The summed E-state index contributed by atoms with van der Waals surface area (Å²) in [6.45, 7) is 4.27. The van der Waals surface area contributed by atoms with Crippen molar-refractivity contribution in [2.75, 3.05) is 44.2 Å². The topological polar surface area (TPSA) is 69.6 Å². The van der Waals surface area contributed by atoms with Gasteiger partial charge in [-0.25, -0.2) is 9.97 Å². The van der Waals surface area contributed by atoms with E-state index < -0.39 is 0 Å². The van der Waals surface area contributed by atoms with Gasteiger partial charge in [0.1, 0.15) is 11.5 Å². The zero-order valence-corrected chi connectivity index (χ0v) is 11.9. The summed E-state index contributed by atoms with van der Waals surface area (Å²) in [4.78, 5) is 37.2. The molecule has 21 heavy (non-hydrogen) atoms. The fourth-order valence-corrected chi connectivity index (χ4v) is 2.73. The van der Waals surface area contributed by atoms with Crippen LogP contribution in [0.3, 0.4) is 0 Å². The Balaban J connectivity index is 1.63. The molecular formula is C14H19N5O2. The maximum atomic E-state index is 12.3. The molecule has 0 unspecified atom stereocenters. The van der Waals surface area contributed by atoms with Gasteiger partial charge in [0.25, 0.3) is 5.91 Å². The van der Waals surface area contributed by atoms with Gasteiger partial charge in [0.15, 0.2) is 0 Å². The molecule has 2 saturated heterocycles. The Morgan fingerprint density at radius 3 is 2.29 bits per heavy atom. The molecule has 3 rings (SSSR count). The maximum Gasteiger partial charge on any atom is 0.274 e. The Labute approximate surface area is 123 Å². The largest absolute Gasteiger partial charge is 0.355 e. The number of aromatic nitrogens is 2. The summed E-state index contributed by atoms with van der Waals surface area (Å²) in [6, 6.07) is 0. The van der Waals surface area contributed by atoms with E-state index >= 15 is 0 Å². The minimum Gasteiger partial charge on any atom is -0.355 e. The molecule has 2 aliphatic heterocycles. The number of hydrogen-bond donors (Lipinski definition) is 0. The van der Waals surface area contributed by atoms with E-state index in [0.717, 1.165) is 25.3 Å². The SMILES string of the molecule is O=CN1CCN(C(=O)c2cnc(N3CCCC3)cn2)CC1. The van der Waals surface area contributed by atoms with E-state index in [1.807, 2.05) is 0 Å². The van der Waals surface area contributed by atoms with Crippen LogP contribution in [0.5, 0.6) is 0 Å². The number of carbonyl (C=O) groups excluding carboxylic acids is 2. The van der Waals surface area contributed by atoms with Crippen molar-refractivity contribution in [3.63, 3.8) is 0 Å². The van der Waals surface area contributed by atoms with Gasteiger partial charge < -0.3 is 14.7 Å². The highest BCUT2D eigenvalue weighted by Crippen LogP contribution is 2.16. The third-order valence-electron chi connectivity index (χ3n) is 4.04.